The molecule has 0 spiro atoms. The number of esters is 1. The highest BCUT2D eigenvalue weighted by atomic mass is 16.5. The van der Waals surface area contributed by atoms with Gasteiger partial charge < -0.3 is 10.5 Å². The average molecular weight is 249 g/mol. The van der Waals surface area contributed by atoms with Crippen molar-refractivity contribution in [3.8, 4) is 0 Å². The quantitative estimate of drug-likeness (QED) is 0.772. The molecule has 96 valence electrons. The van der Waals surface area contributed by atoms with Crippen LogP contribution in [-0.2, 0) is 9.53 Å². The van der Waals surface area contributed by atoms with Crippen LogP contribution in [0.2, 0.25) is 0 Å². The molecule has 6 heteroatoms. The summed E-state index contributed by atoms with van der Waals surface area (Å²) in [6, 6.07) is 3.24. The van der Waals surface area contributed by atoms with E-state index < -0.39 is 5.97 Å². The van der Waals surface area contributed by atoms with Crippen molar-refractivity contribution in [1.82, 2.24) is 4.98 Å². The van der Waals surface area contributed by atoms with Gasteiger partial charge in [-0.1, -0.05) is 0 Å². The molecular formula is C12H15N3O3. The van der Waals surface area contributed by atoms with Crippen LogP contribution in [0.1, 0.15) is 16.8 Å². The highest BCUT2D eigenvalue weighted by molar-refractivity contribution is 5.95. The molecule has 1 aliphatic heterocycles. The third kappa shape index (κ3) is 2.33. The van der Waals surface area contributed by atoms with E-state index >= 15 is 0 Å². The zero-order chi connectivity index (χ0) is 13.1. The lowest BCUT2D eigenvalue weighted by Crippen LogP contribution is -2.26. The van der Waals surface area contributed by atoms with E-state index in [-0.39, 0.29) is 11.8 Å². The molecule has 0 radical (unpaired) electrons. The maximum absolute atomic E-state index is 11.8. The number of ether oxygens (including phenoxy) is 1. The monoisotopic (exact) mass is 249 g/mol. The number of carbonyl (C=O) groups is 2. The van der Waals surface area contributed by atoms with Crippen LogP contribution in [0.3, 0.4) is 0 Å². The summed E-state index contributed by atoms with van der Waals surface area (Å²) in [5.41, 5.74) is 5.92. The summed E-state index contributed by atoms with van der Waals surface area (Å²) in [6.07, 6.45) is 1.86. The number of pyridine rings is 1. The van der Waals surface area contributed by atoms with E-state index in [9.17, 15) is 9.59 Å². The fraction of sp³-hybridized carbons (Fsp3) is 0.417. The van der Waals surface area contributed by atoms with Crippen molar-refractivity contribution in [3.63, 3.8) is 0 Å². The second-order valence-electron chi connectivity index (χ2n) is 4.21. The molecule has 1 saturated heterocycles. The summed E-state index contributed by atoms with van der Waals surface area (Å²) < 4.78 is 4.58. The molecule has 1 aliphatic rings. The second-order valence-corrected chi connectivity index (χ2v) is 4.21. The molecule has 1 aromatic rings. The Morgan fingerprint density at radius 1 is 1.61 bits per heavy atom. The van der Waals surface area contributed by atoms with Gasteiger partial charge in [-0.15, -0.1) is 0 Å². The van der Waals surface area contributed by atoms with Gasteiger partial charge >= 0.3 is 5.97 Å². The maximum atomic E-state index is 11.8. The first-order valence-corrected chi connectivity index (χ1v) is 5.70. The van der Waals surface area contributed by atoms with Crippen LogP contribution >= 0.6 is 0 Å². The highest BCUT2D eigenvalue weighted by Crippen LogP contribution is 2.22. The van der Waals surface area contributed by atoms with Crippen LogP contribution in [0.5, 0.6) is 0 Å². The lowest BCUT2D eigenvalue weighted by molar-refractivity contribution is -0.117. The van der Waals surface area contributed by atoms with Crippen molar-refractivity contribution in [2.75, 3.05) is 25.1 Å². The van der Waals surface area contributed by atoms with Gasteiger partial charge in [0, 0.05) is 19.2 Å². The van der Waals surface area contributed by atoms with Crippen molar-refractivity contribution in [2.45, 2.75) is 6.42 Å². The van der Waals surface area contributed by atoms with Crippen LogP contribution in [-0.4, -0.2) is 37.1 Å². The van der Waals surface area contributed by atoms with Gasteiger partial charge in [0.15, 0.2) is 0 Å². The van der Waals surface area contributed by atoms with Crippen LogP contribution in [0.15, 0.2) is 18.3 Å². The Hall–Kier alpha value is -1.95. The molecule has 0 bridgehead atoms. The zero-order valence-electron chi connectivity index (χ0n) is 10.1. The topological polar surface area (TPSA) is 85.5 Å². The van der Waals surface area contributed by atoms with Crippen LogP contribution < -0.4 is 10.6 Å². The predicted molar refractivity (Wildman–Crippen MR) is 65.1 cm³/mol. The number of amides is 1. The molecule has 6 nitrogen and oxygen atoms in total. The molecule has 2 N–H and O–H groups in total. The highest BCUT2D eigenvalue weighted by Gasteiger charge is 2.30. The Morgan fingerprint density at radius 2 is 2.39 bits per heavy atom. The lowest BCUT2D eigenvalue weighted by atomic mass is 10.1. The summed E-state index contributed by atoms with van der Waals surface area (Å²) in [6.45, 7) is 1.07. The first-order chi connectivity index (χ1) is 8.65. The summed E-state index contributed by atoms with van der Waals surface area (Å²) in [5.74, 6) is 0.300. The fourth-order valence-electron chi connectivity index (χ4n) is 1.95. The van der Waals surface area contributed by atoms with Crippen LogP contribution in [0.4, 0.5) is 5.82 Å². The second kappa shape index (κ2) is 5.14. The van der Waals surface area contributed by atoms with Gasteiger partial charge in [-0.25, -0.2) is 9.78 Å². The molecule has 1 unspecified atom stereocenters. The van der Waals surface area contributed by atoms with Gasteiger partial charge in [0.25, 0.3) is 0 Å². The number of anilines is 1. The number of hydrogen-bond donors (Lipinski definition) is 1. The number of nitrogens with two attached hydrogens (primary N) is 1. The summed E-state index contributed by atoms with van der Waals surface area (Å²) in [7, 11) is 1.31. The number of carbonyl (C=O) groups excluding carboxylic acids is 2. The molecule has 0 aromatic carbocycles. The molecular weight excluding hydrogens is 234 g/mol. The van der Waals surface area contributed by atoms with Gasteiger partial charge in [0.1, 0.15) is 5.82 Å². The van der Waals surface area contributed by atoms with Crippen molar-refractivity contribution >= 4 is 17.7 Å². The minimum atomic E-state index is -0.443. The van der Waals surface area contributed by atoms with Gasteiger partial charge in [-0.2, -0.15) is 0 Å². The number of methoxy groups -OCH3 is 1. The van der Waals surface area contributed by atoms with Crippen molar-refractivity contribution in [2.24, 2.45) is 11.7 Å². The molecule has 1 aromatic heterocycles. The minimum Gasteiger partial charge on any atom is -0.465 e. The number of rotatable bonds is 3. The van der Waals surface area contributed by atoms with E-state index in [2.05, 4.69) is 9.72 Å². The average Bonchev–Trinajstić information content (AvgIpc) is 2.79. The van der Waals surface area contributed by atoms with Crippen LogP contribution in [0, 0.1) is 5.92 Å². The van der Waals surface area contributed by atoms with Gasteiger partial charge in [0.2, 0.25) is 5.91 Å². The molecule has 1 atom stereocenters. The van der Waals surface area contributed by atoms with Gasteiger partial charge in [-0.05, 0) is 24.6 Å². The predicted octanol–water partition coefficient (Wildman–Crippen LogP) is 0.180. The fourth-order valence-corrected chi connectivity index (χ4v) is 1.95. The summed E-state index contributed by atoms with van der Waals surface area (Å²) >= 11 is 0. The maximum Gasteiger partial charge on any atom is 0.339 e. The Labute approximate surface area is 105 Å². The number of hydrogen-bond acceptors (Lipinski definition) is 5. The lowest BCUT2D eigenvalue weighted by Gasteiger charge is -2.15. The molecule has 0 aliphatic carbocycles. The Balaban J connectivity index is 2.15. The van der Waals surface area contributed by atoms with E-state index in [1.54, 1.807) is 17.0 Å². The normalized spacial score (nSPS) is 19.1. The molecule has 1 fully saturated rings. The molecule has 1 amide bonds. The zero-order valence-corrected chi connectivity index (χ0v) is 10.1. The van der Waals surface area contributed by atoms with E-state index in [1.165, 1.54) is 13.3 Å². The van der Waals surface area contributed by atoms with Crippen molar-refractivity contribution < 1.29 is 14.3 Å². The minimum absolute atomic E-state index is 0.0174. The SMILES string of the molecule is COC(=O)c1ccc(N2CC(CN)CC2=O)nc1. The standard InChI is InChI=1S/C12H15N3O3/c1-18-12(17)9-2-3-10(14-6-9)15-7-8(5-13)4-11(15)16/h2-3,6,8H,4-5,7,13H2,1H3. The largest absolute Gasteiger partial charge is 0.465 e. The molecule has 18 heavy (non-hydrogen) atoms. The third-order valence-electron chi connectivity index (χ3n) is 2.98. The summed E-state index contributed by atoms with van der Waals surface area (Å²) in [4.78, 5) is 28.7. The number of aromatic nitrogens is 1. The third-order valence-corrected chi connectivity index (χ3v) is 2.98. The van der Waals surface area contributed by atoms with E-state index in [4.69, 9.17) is 5.73 Å². The first-order valence-electron chi connectivity index (χ1n) is 5.70. The Morgan fingerprint density at radius 3 is 2.89 bits per heavy atom. The van der Waals surface area contributed by atoms with Crippen LogP contribution in [0.25, 0.3) is 0 Å². The first kappa shape index (κ1) is 12.5. The smallest absolute Gasteiger partial charge is 0.339 e. The number of nitrogens with zero attached hydrogens (tertiary/aromatic N) is 2. The van der Waals surface area contributed by atoms with Crippen molar-refractivity contribution in [1.29, 1.82) is 0 Å². The summed E-state index contributed by atoms with van der Waals surface area (Å²) in [5, 5.41) is 0. The Kier molecular flexibility index (Phi) is 3.57. The van der Waals surface area contributed by atoms with E-state index in [1.807, 2.05) is 0 Å². The van der Waals surface area contributed by atoms with Crippen molar-refractivity contribution in [3.05, 3.63) is 23.9 Å². The van der Waals surface area contributed by atoms with Gasteiger partial charge in [0.05, 0.1) is 12.7 Å². The Bertz CT molecular complexity index is 458. The van der Waals surface area contributed by atoms with E-state index in [0.29, 0.717) is 30.9 Å². The molecule has 0 saturated carbocycles. The molecule has 2 rings (SSSR count). The molecule has 2 heterocycles. The van der Waals surface area contributed by atoms with E-state index in [0.717, 1.165) is 0 Å². The van der Waals surface area contributed by atoms with Gasteiger partial charge in [-0.3, -0.25) is 9.69 Å².